The van der Waals surface area contributed by atoms with Gasteiger partial charge in [0.25, 0.3) is 0 Å². The van der Waals surface area contributed by atoms with Crippen molar-refractivity contribution in [2.75, 3.05) is 13.2 Å². The van der Waals surface area contributed by atoms with E-state index in [2.05, 4.69) is 9.97 Å². The van der Waals surface area contributed by atoms with E-state index < -0.39 is 0 Å². The van der Waals surface area contributed by atoms with Crippen LogP contribution in [0.2, 0.25) is 0 Å². The molecule has 0 saturated carbocycles. The van der Waals surface area contributed by atoms with E-state index >= 15 is 0 Å². The molecule has 146 valence electrons. The van der Waals surface area contributed by atoms with Crippen LogP contribution in [0.1, 0.15) is 24.6 Å². The standard InChI is InChI=1S/C23H21N3O3/c27-20-9-6-16(14-24-20)18-7-8-19-21(22(18)29-17-4-2-1-3-5-17)26-23(25-19)15-10-12-28-13-11-15/h1-9,14-15H,10-13H2,(H,24,27)(H,25,26). The number of imidazole rings is 1. The van der Waals surface area contributed by atoms with Gasteiger partial charge in [-0.2, -0.15) is 0 Å². The smallest absolute Gasteiger partial charge is 0.247 e. The first-order valence-corrected chi connectivity index (χ1v) is 9.80. The molecular weight excluding hydrogens is 366 g/mol. The predicted octanol–water partition coefficient (Wildman–Crippen LogP) is 4.60. The second-order valence-electron chi connectivity index (χ2n) is 7.20. The minimum Gasteiger partial charge on any atom is -0.454 e. The van der Waals surface area contributed by atoms with Gasteiger partial charge in [-0.1, -0.05) is 18.2 Å². The monoisotopic (exact) mass is 387 g/mol. The molecule has 3 heterocycles. The molecule has 0 bridgehead atoms. The summed E-state index contributed by atoms with van der Waals surface area (Å²) in [4.78, 5) is 22.6. The van der Waals surface area contributed by atoms with E-state index in [4.69, 9.17) is 14.5 Å². The third-order valence-corrected chi connectivity index (χ3v) is 5.29. The third kappa shape index (κ3) is 3.54. The lowest BCUT2D eigenvalue weighted by atomic mass is 10.00. The summed E-state index contributed by atoms with van der Waals surface area (Å²) in [6.07, 6.45) is 3.62. The minimum absolute atomic E-state index is 0.137. The Kier molecular flexibility index (Phi) is 4.62. The maximum atomic E-state index is 11.5. The molecule has 1 aliphatic rings. The Morgan fingerprint density at radius 1 is 1.00 bits per heavy atom. The molecule has 5 rings (SSSR count). The van der Waals surface area contributed by atoms with Gasteiger partial charge in [0.15, 0.2) is 5.75 Å². The van der Waals surface area contributed by atoms with E-state index in [9.17, 15) is 4.79 Å². The van der Waals surface area contributed by atoms with Crippen molar-refractivity contribution >= 4 is 11.0 Å². The number of nitrogens with one attached hydrogen (secondary N) is 2. The van der Waals surface area contributed by atoms with Crippen molar-refractivity contribution in [2.24, 2.45) is 0 Å². The van der Waals surface area contributed by atoms with Gasteiger partial charge in [0.1, 0.15) is 17.1 Å². The lowest BCUT2D eigenvalue weighted by Crippen LogP contribution is -2.15. The Hall–Kier alpha value is -3.38. The topological polar surface area (TPSA) is 80.0 Å². The lowest BCUT2D eigenvalue weighted by molar-refractivity contribution is 0.0838. The number of hydrogen-bond donors (Lipinski definition) is 2. The Labute approximate surface area is 167 Å². The molecule has 0 radical (unpaired) electrons. The van der Waals surface area contributed by atoms with Crippen molar-refractivity contribution in [3.63, 3.8) is 0 Å². The average Bonchev–Trinajstić information content (AvgIpc) is 3.21. The van der Waals surface area contributed by atoms with Crippen LogP contribution in [0.25, 0.3) is 22.2 Å². The average molecular weight is 387 g/mol. The summed E-state index contributed by atoms with van der Waals surface area (Å²) < 4.78 is 11.8. The molecule has 1 aliphatic heterocycles. The van der Waals surface area contributed by atoms with Crippen molar-refractivity contribution in [3.8, 4) is 22.6 Å². The van der Waals surface area contributed by atoms with Crippen LogP contribution in [0.4, 0.5) is 0 Å². The van der Waals surface area contributed by atoms with E-state index in [-0.39, 0.29) is 5.56 Å². The number of rotatable bonds is 4. The fraction of sp³-hybridized carbons (Fsp3) is 0.217. The Morgan fingerprint density at radius 2 is 1.83 bits per heavy atom. The quantitative estimate of drug-likeness (QED) is 0.536. The second kappa shape index (κ2) is 7.56. The molecule has 6 nitrogen and oxygen atoms in total. The first-order valence-electron chi connectivity index (χ1n) is 9.80. The van der Waals surface area contributed by atoms with Crippen molar-refractivity contribution in [1.29, 1.82) is 0 Å². The number of aromatic amines is 2. The SMILES string of the molecule is O=c1ccc(-c2ccc3[nH]c(C4CCOCC4)nc3c2Oc2ccccc2)c[nH]1. The van der Waals surface area contributed by atoms with Crippen molar-refractivity contribution < 1.29 is 9.47 Å². The number of pyridine rings is 1. The van der Waals surface area contributed by atoms with Gasteiger partial charge in [0, 0.05) is 42.5 Å². The molecule has 1 saturated heterocycles. The van der Waals surface area contributed by atoms with E-state index in [1.807, 2.05) is 42.5 Å². The van der Waals surface area contributed by atoms with Crippen molar-refractivity contribution in [1.82, 2.24) is 15.0 Å². The van der Waals surface area contributed by atoms with Crippen LogP contribution >= 0.6 is 0 Å². The maximum absolute atomic E-state index is 11.5. The lowest BCUT2D eigenvalue weighted by Gasteiger charge is -2.19. The minimum atomic E-state index is -0.137. The summed E-state index contributed by atoms with van der Waals surface area (Å²) in [5, 5.41) is 0. The molecule has 4 aromatic rings. The zero-order valence-electron chi connectivity index (χ0n) is 15.9. The van der Waals surface area contributed by atoms with Gasteiger partial charge in [-0.3, -0.25) is 4.79 Å². The first kappa shape index (κ1) is 17.7. The van der Waals surface area contributed by atoms with Gasteiger partial charge in [-0.25, -0.2) is 4.98 Å². The van der Waals surface area contributed by atoms with E-state index in [1.165, 1.54) is 6.07 Å². The van der Waals surface area contributed by atoms with Gasteiger partial charge < -0.3 is 19.4 Å². The van der Waals surface area contributed by atoms with E-state index in [1.54, 1.807) is 12.3 Å². The predicted molar refractivity (Wildman–Crippen MR) is 111 cm³/mol. The number of hydrogen-bond acceptors (Lipinski definition) is 4. The summed E-state index contributed by atoms with van der Waals surface area (Å²) in [6, 6.07) is 17.0. The molecule has 0 spiro atoms. The molecule has 2 N–H and O–H groups in total. The second-order valence-corrected chi connectivity index (χ2v) is 7.20. The number of para-hydroxylation sites is 1. The van der Waals surface area contributed by atoms with E-state index in [0.717, 1.165) is 59.8 Å². The zero-order chi connectivity index (χ0) is 19.6. The summed E-state index contributed by atoms with van der Waals surface area (Å²) in [5.41, 5.74) is 3.34. The highest BCUT2D eigenvalue weighted by Gasteiger charge is 2.22. The van der Waals surface area contributed by atoms with Crippen LogP contribution in [0, 0.1) is 0 Å². The molecule has 1 fully saturated rings. The van der Waals surface area contributed by atoms with Gasteiger partial charge in [-0.15, -0.1) is 0 Å². The molecular formula is C23H21N3O3. The summed E-state index contributed by atoms with van der Waals surface area (Å²) in [7, 11) is 0. The van der Waals surface area contributed by atoms with Crippen LogP contribution in [-0.2, 0) is 4.74 Å². The summed E-state index contributed by atoms with van der Waals surface area (Å²) >= 11 is 0. The third-order valence-electron chi connectivity index (χ3n) is 5.29. The normalized spacial score (nSPS) is 14.9. The molecule has 0 atom stereocenters. The fourth-order valence-electron chi connectivity index (χ4n) is 3.75. The number of aromatic nitrogens is 3. The summed E-state index contributed by atoms with van der Waals surface area (Å²) in [6.45, 7) is 1.52. The van der Waals surface area contributed by atoms with Crippen LogP contribution in [0.3, 0.4) is 0 Å². The van der Waals surface area contributed by atoms with Gasteiger partial charge in [-0.05, 0) is 43.2 Å². The number of ether oxygens (including phenoxy) is 2. The van der Waals surface area contributed by atoms with E-state index in [0.29, 0.717) is 11.7 Å². The zero-order valence-corrected chi connectivity index (χ0v) is 15.9. The molecule has 0 unspecified atom stereocenters. The Balaban J connectivity index is 1.65. The van der Waals surface area contributed by atoms with Gasteiger partial charge in [0.05, 0.1) is 5.52 Å². The molecule has 29 heavy (non-hydrogen) atoms. The van der Waals surface area contributed by atoms with Crippen LogP contribution < -0.4 is 10.3 Å². The highest BCUT2D eigenvalue weighted by Crippen LogP contribution is 2.39. The molecule has 2 aromatic carbocycles. The molecule has 0 amide bonds. The maximum Gasteiger partial charge on any atom is 0.247 e. The van der Waals surface area contributed by atoms with Crippen LogP contribution in [0.15, 0.2) is 65.6 Å². The fourth-order valence-corrected chi connectivity index (χ4v) is 3.75. The molecule has 2 aromatic heterocycles. The number of benzene rings is 2. The highest BCUT2D eigenvalue weighted by atomic mass is 16.5. The summed E-state index contributed by atoms with van der Waals surface area (Å²) in [5.74, 6) is 2.74. The van der Waals surface area contributed by atoms with Crippen molar-refractivity contribution in [3.05, 3.63) is 77.0 Å². The largest absolute Gasteiger partial charge is 0.454 e. The van der Waals surface area contributed by atoms with Gasteiger partial charge >= 0.3 is 0 Å². The van der Waals surface area contributed by atoms with Gasteiger partial charge in [0.2, 0.25) is 5.56 Å². The Bertz CT molecular complexity index is 1170. The van der Waals surface area contributed by atoms with Crippen LogP contribution in [0.5, 0.6) is 11.5 Å². The number of fused-ring (bicyclic) bond motifs is 1. The first-order chi connectivity index (χ1) is 14.3. The molecule has 6 heteroatoms. The van der Waals surface area contributed by atoms with Crippen molar-refractivity contribution in [2.45, 2.75) is 18.8 Å². The molecule has 0 aliphatic carbocycles. The van der Waals surface area contributed by atoms with Crippen LogP contribution in [-0.4, -0.2) is 28.2 Å². The number of nitrogens with zero attached hydrogens (tertiary/aromatic N) is 1. The number of H-pyrrole nitrogens is 2. The Morgan fingerprint density at radius 3 is 2.59 bits per heavy atom. The highest BCUT2D eigenvalue weighted by molar-refractivity contribution is 5.91.